The van der Waals surface area contributed by atoms with E-state index in [1.807, 2.05) is 44.2 Å². The van der Waals surface area contributed by atoms with Gasteiger partial charge >= 0.3 is 5.97 Å². The van der Waals surface area contributed by atoms with Gasteiger partial charge in [0.15, 0.2) is 0 Å². The number of benzene rings is 1. The van der Waals surface area contributed by atoms with Crippen LogP contribution < -0.4 is 5.32 Å². The van der Waals surface area contributed by atoms with Crippen LogP contribution in [0.15, 0.2) is 30.3 Å². The molecule has 0 amide bonds. The van der Waals surface area contributed by atoms with Gasteiger partial charge in [0.25, 0.3) is 0 Å². The zero-order chi connectivity index (χ0) is 13.6. The molecule has 1 unspecified atom stereocenters. The Hall–Kier alpha value is -1.39. The van der Waals surface area contributed by atoms with Crippen molar-refractivity contribution in [3.8, 4) is 0 Å². The first-order chi connectivity index (χ1) is 8.50. The molecule has 4 heteroatoms. The lowest BCUT2D eigenvalue weighted by molar-refractivity contribution is -0.146. The van der Waals surface area contributed by atoms with E-state index < -0.39 is 11.6 Å². The van der Waals surface area contributed by atoms with E-state index in [1.54, 1.807) is 6.92 Å². The van der Waals surface area contributed by atoms with Crippen LogP contribution in [0.1, 0.15) is 32.4 Å². The molecule has 1 aromatic rings. The van der Waals surface area contributed by atoms with Crippen molar-refractivity contribution >= 4 is 5.97 Å². The number of hydrogen-bond acceptors (Lipinski definition) is 4. The van der Waals surface area contributed by atoms with Crippen LogP contribution in [0.3, 0.4) is 0 Å². The summed E-state index contributed by atoms with van der Waals surface area (Å²) >= 11 is 0. The van der Waals surface area contributed by atoms with Crippen LogP contribution in [0.5, 0.6) is 0 Å². The third kappa shape index (κ3) is 4.13. The SMILES string of the molecule is CCOC(=O)C(NC(C)(C)CO)c1ccccc1. The second kappa shape index (κ2) is 6.52. The number of aliphatic hydroxyl groups excluding tert-OH is 1. The molecule has 0 fully saturated rings. The molecule has 0 radical (unpaired) electrons. The maximum absolute atomic E-state index is 12.0. The molecule has 0 aliphatic heterocycles. The first-order valence-electron chi connectivity index (χ1n) is 6.10. The summed E-state index contributed by atoms with van der Waals surface area (Å²) in [5.41, 5.74) is 0.283. The summed E-state index contributed by atoms with van der Waals surface area (Å²) in [5, 5.41) is 12.4. The molecule has 0 heterocycles. The van der Waals surface area contributed by atoms with Gasteiger partial charge in [0, 0.05) is 5.54 Å². The molecule has 0 saturated heterocycles. The number of nitrogens with one attached hydrogen (secondary N) is 1. The second-order valence-electron chi connectivity index (χ2n) is 4.78. The van der Waals surface area contributed by atoms with Crippen LogP contribution in [-0.4, -0.2) is 29.8 Å². The number of carbonyl (C=O) groups is 1. The van der Waals surface area contributed by atoms with Crippen molar-refractivity contribution in [2.45, 2.75) is 32.4 Å². The van der Waals surface area contributed by atoms with Gasteiger partial charge in [-0.3, -0.25) is 5.32 Å². The molecule has 2 N–H and O–H groups in total. The fraction of sp³-hybridized carbons (Fsp3) is 0.500. The predicted octanol–water partition coefficient (Wildman–Crippen LogP) is 1.65. The molecule has 1 atom stereocenters. The highest BCUT2D eigenvalue weighted by molar-refractivity contribution is 5.77. The number of aliphatic hydroxyl groups is 1. The highest BCUT2D eigenvalue weighted by Gasteiger charge is 2.28. The van der Waals surface area contributed by atoms with Crippen LogP contribution in [0.4, 0.5) is 0 Å². The maximum Gasteiger partial charge on any atom is 0.327 e. The normalized spacial score (nSPS) is 13.1. The van der Waals surface area contributed by atoms with Crippen molar-refractivity contribution < 1.29 is 14.6 Å². The Morgan fingerprint density at radius 3 is 2.50 bits per heavy atom. The summed E-state index contributed by atoms with van der Waals surface area (Å²) < 4.78 is 5.07. The Labute approximate surface area is 108 Å². The summed E-state index contributed by atoms with van der Waals surface area (Å²) in [7, 11) is 0. The third-order valence-corrected chi connectivity index (χ3v) is 2.59. The Kier molecular flexibility index (Phi) is 5.31. The molecule has 4 nitrogen and oxygen atoms in total. The van der Waals surface area contributed by atoms with E-state index in [9.17, 15) is 9.90 Å². The van der Waals surface area contributed by atoms with Gasteiger partial charge in [-0.05, 0) is 26.3 Å². The smallest absolute Gasteiger partial charge is 0.327 e. The molecular formula is C14H21NO3. The maximum atomic E-state index is 12.0. The van der Waals surface area contributed by atoms with Crippen molar-refractivity contribution in [3.63, 3.8) is 0 Å². The number of carbonyl (C=O) groups excluding carboxylic acids is 1. The molecule has 0 aliphatic carbocycles. The minimum atomic E-state index is -0.562. The van der Waals surface area contributed by atoms with Gasteiger partial charge in [0.05, 0.1) is 13.2 Å². The van der Waals surface area contributed by atoms with Crippen LogP contribution in [0, 0.1) is 0 Å². The largest absolute Gasteiger partial charge is 0.465 e. The number of rotatable bonds is 6. The van der Waals surface area contributed by atoms with E-state index in [0.29, 0.717) is 6.61 Å². The first-order valence-corrected chi connectivity index (χ1v) is 6.10. The standard InChI is InChI=1S/C14H21NO3/c1-4-18-13(17)12(15-14(2,3)10-16)11-8-6-5-7-9-11/h5-9,12,15-16H,4,10H2,1-3H3. The number of ether oxygens (including phenoxy) is 1. The minimum Gasteiger partial charge on any atom is -0.465 e. The van der Waals surface area contributed by atoms with Crippen LogP contribution in [0.2, 0.25) is 0 Å². The molecule has 0 aliphatic rings. The fourth-order valence-electron chi connectivity index (χ4n) is 1.59. The topological polar surface area (TPSA) is 58.6 Å². The van der Waals surface area contributed by atoms with Gasteiger partial charge < -0.3 is 9.84 Å². The average molecular weight is 251 g/mol. The molecule has 1 aromatic carbocycles. The van der Waals surface area contributed by atoms with E-state index >= 15 is 0 Å². The third-order valence-electron chi connectivity index (χ3n) is 2.59. The van der Waals surface area contributed by atoms with E-state index in [0.717, 1.165) is 5.56 Å². The Morgan fingerprint density at radius 2 is 2.00 bits per heavy atom. The molecule has 1 rings (SSSR count). The van der Waals surface area contributed by atoms with Crippen molar-refractivity contribution in [3.05, 3.63) is 35.9 Å². The highest BCUT2D eigenvalue weighted by atomic mass is 16.5. The van der Waals surface area contributed by atoms with Gasteiger partial charge in [-0.25, -0.2) is 4.79 Å². The molecule has 0 aromatic heterocycles. The quantitative estimate of drug-likeness (QED) is 0.755. The van der Waals surface area contributed by atoms with Gasteiger partial charge in [-0.2, -0.15) is 0 Å². The zero-order valence-corrected chi connectivity index (χ0v) is 11.1. The molecule has 0 bridgehead atoms. The van der Waals surface area contributed by atoms with Crippen LogP contribution >= 0.6 is 0 Å². The highest BCUT2D eigenvalue weighted by Crippen LogP contribution is 2.18. The lowest BCUT2D eigenvalue weighted by Crippen LogP contribution is -2.47. The summed E-state index contributed by atoms with van der Waals surface area (Å²) in [6.07, 6.45) is 0. The molecule has 100 valence electrons. The van der Waals surface area contributed by atoms with Crippen LogP contribution in [0.25, 0.3) is 0 Å². The zero-order valence-electron chi connectivity index (χ0n) is 11.1. The second-order valence-corrected chi connectivity index (χ2v) is 4.78. The summed E-state index contributed by atoms with van der Waals surface area (Å²) in [4.78, 5) is 12.0. The molecular weight excluding hydrogens is 230 g/mol. The summed E-state index contributed by atoms with van der Waals surface area (Å²) in [5.74, 6) is -0.328. The van der Waals surface area contributed by atoms with Crippen molar-refractivity contribution in [1.82, 2.24) is 5.32 Å². The average Bonchev–Trinajstić information content (AvgIpc) is 2.37. The lowest BCUT2D eigenvalue weighted by Gasteiger charge is -2.29. The van der Waals surface area contributed by atoms with E-state index in [2.05, 4.69) is 5.32 Å². The van der Waals surface area contributed by atoms with Gasteiger partial charge in [-0.1, -0.05) is 30.3 Å². The predicted molar refractivity (Wildman–Crippen MR) is 70.1 cm³/mol. The summed E-state index contributed by atoms with van der Waals surface area (Å²) in [6, 6.07) is 8.80. The van der Waals surface area contributed by atoms with Crippen molar-refractivity contribution in [1.29, 1.82) is 0 Å². The van der Waals surface area contributed by atoms with E-state index in [1.165, 1.54) is 0 Å². The van der Waals surface area contributed by atoms with Crippen molar-refractivity contribution in [2.75, 3.05) is 13.2 Å². The molecule has 18 heavy (non-hydrogen) atoms. The first kappa shape index (κ1) is 14.7. The minimum absolute atomic E-state index is 0.0598. The van der Waals surface area contributed by atoms with Crippen molar-refractivity contribution in [2.24, 2.45) is 0 Å². The molecule has 0 spiro atoms. The van der Waals surface area contributed by atoms with E-state index in [-0.39, 0.29) is 12.6 Å². The van der Waals surface area contributed by atoms with Gasteiger partial charge in [0.1, 0.15) is 6.04 Å². The number of esters is 1. The Bertz CT molecular complexity index is 376. The van der Waals surface area contributed by atoms with Crippen LogP contribution in [-0.2, 0) is 9.53 Å². The van der Waals surface area contributed by atoms with Gasteiger partial charge in [0.2, 0.25) is 0 Å². The Balaban J connectivity index is 2.93. The summed E-state index contributed by atoms with van der Waals surface area (Å²) in [6.45, 7) is 5.72. The van der Waals surface area contributed by atoms with Gasteiger partial charge in [-0.15, -0.1) is 0 Å². The molecule has 0 saturated carbocycles. The Morgan fingerprint density at radius 1 is 1.39 bits per heavy atom. The fourth-order valence-corrected chi connectivity index (χ4v) is 1.59. The lowest BCUT2D eigenvalue weighted by atomic mass is 10.0. The number of hydrogen-bond donors (Lipinski definition) is 2. The van der Waals surface area contributed by atoms with E-state index in [4.69, 9.17) is 4.74 Å². The monoisotopic (exact) mass is 251 g/mol.